The summed E-state index contributed by atoms with van der Waals surface area (Å²) in [5.41, 5.74) is 1.62. The monoisotopic (exact) mass is 315 g/mol. The summed E-state index contributed by atoms with van der Waals surface area (Å²) >= 11 is 0. The number of furan rings is 1. The van der Waals surface area contributed by atoms with Crippen LogP contribution in [-0.2, 0) is 6.42 Å². The predicted octanol–water partition coefficient (Wildman–Crippen LogP) is 3.99. The normalized spacial score (nSPS) is 10.9. The third-order valence-electron chi connectivity index (χ3n) is 3.73. The van der Waals surface area contributed by atoms with Gasteiger partial charge in [0.25, 0.3) is 5.91 Å². The van der Waals surface area contributed by atoms with E-state index in [0.717, 1.165) is 5.56 Å². The van der Waals surface area contributed by atoms with E-state index in [1.165, 1.54) is 18.2 Å². The Morgan fingerprint density at radius 2 is 1.87 bits per heavy atom. The number of nitrogens with one attached hydrogen (secondary N) is 1. The van der Waals surface area contributed by atoms with Crippen molar-refractivity contribution in [1.82, 2.24) is 5.32 Å². The fourth-order valence-corrected chi connectivity index (χ4v) is 2.48. The van der Waals surface area contributed by atoms with E-state index >= 15 is 0 Å². The first kappa shape index (κ1) is 15.2. The molecule has 0 atom stereocenters. The Bertz CT molecular complexity index is 853. The number of para-hydroxylation sites is 1. The summed E-state index contributed by atoms with van der Waals surface area (Å²) in [5, 5.41) is 3.33. The lowest BCUT2D eigenvalue weighted by atomic mass is 10.1. The zero-order chi connectivity index (χ0) is 16.4. The highest BCUT2D eigenvalue weighted by molar-refractivity contribution is 5.98. The van der Waals surface area contributed by atoms with Gasteiger partial charge in [0.2, 0.25) is 0 Å². The largest absolute Gasteiger partial charge is 0.448 e. The summed E-state index contributed by atoms with van der Waals surface area (Å²) in [6, 6.07) is 10.7. The lowest BCUT2D eigenvalue weighted by molar-refractivity contribution is 0.0927. The summed E-state index contributed by atoms with van der Waals surface area (Å²) in [6.07, 6.45) is 0.569. The van der Waals surface area contributed by atoms with E-state index in [9.17, 15) is 13.6 Å². The van der Waals surface area contributed by atoms with Crippen LogP contribution in [0.3, 0.4) is 0 Å². The first-order valence-electron chi connectivity index (χ1n) is 7.26. The van der Waals surface area contributed by atoms with Gasteiger partial charge >= 0.3 is 0 Å². The van der Waals surface area contributed by atoms with E-state index in [1.807, 2.05) is 0 Å². The minimum atomic E-state index is -0.490. The summed E-state index contributed by atoms with van der Waals surface area (Å²) < 4.78 is 31.9. The van der Waals surface area contributed by atoms with Crippen LogP contribution in [0.2, 0.25) is 0 Å². The lowest BCUT2D eigenvalue weighted by Gasteiger charge is -2.04. The highest BCUT2D eigenvalue weighted by Crippen LogP contribution is 2.27. The Kier molecular flexibility index (Phi) is 4.10. The Hall–Kier alpha value is -2.69. The van der Waals surface area contributed by atoms with Gasteiger partial charge in [0, 0.05) is 17.5 Å². The van der Waals surface area contributed by atoms with Crippen molar-refractivity contribution in [3.8, 4) is 0 Å². The van der Waals surface area contributed by atoms with Gasteiger partial charge in [0.1, 0.15) is 5.82 Å². The maximum absolute atomic E-state index is 13.7. The average molecular weight is 315 g/mol. The van der Waals surface area contributed by atoms with Crippen LogP contribution >= 0.6 is 0 Å². The second-order valence-electron chi connectivity index (χ2n) is 5.31. The van der Waals surface area contributed by atoms with Gasteiger partial charge in [-0.2, -0.15) is 0 Å². The summed E-state index contributed by atoms with van der Waals surface area (Å²) in [6.45, 7) is 2.10. The molecule has 0 radical (unpaired) electrons. The summed E-state index contributed by atoms with van der Waals surface area (Å²) in [4.78, 5) is 12.2. The van der Waals surface area contributed by atoms with Crippen molar-refractivity contribution in [1.29, 1.82) is 0 Å². The number of fused-ring (bicyclic) bond motifs is 1. The Morgan fingerprint density at radius 3 is 2.57 bits per heavy atom. The first-order valence-corrected chi connectivity index (χ1v) is 7.26. The number of halogens is 2. The van der Waals surface area contributed by atoms with Crippen LogP contribution in [0, 0.1) is 18.6 Å². The number of carbonyl (C=O) groups excluding carboxylic acids is 1. The van der Waals surface area contributed by atoms with E-state index < -0.39 is 5.82 Å². The molecule has 2 aromatic carbocycles. The zero-order valence-electron chi connectivity index (χ0n) is 12.5. The first-order chi connectivity index (χ1) is 11.1. The molecule has 3 rings (SSSR count). The van der Waals surface area contributed by atoms with Crippen LogP contribution in [0.15, 0.2) is 46.9 Å². The van der Waals surface area contributed by atoms with Crippen molar-refractivity contribution in [2.24, 2.45) is 0 Å². The van der Waals surface area contributed by atoms with Crippen LogP contribution in [0.1, 0.15) is 21.7 Å². The Morgan fingerprint density at radius 1 is 1.13 bits per heavy atom. The van der Waals surface area contributed by atoms with Crippen molar-refractivity contribution in [2.75, 3.05) is 6.54 Å². The topological polar surface area (TPSA) is 42.2 Å². The van der Waals surface area contributed by atoms with Gasteiger partial charge in [-0.1, -0.05) is 24.3 Å². The predicted molar refractivity (Wildman–Crippen MR) is 83.3 cm³/mol. The van der Waals surface area contributed by atoms with Crippen molar-refractivity contribution >= 4 is 16.9 Å². The maximum atomic E-state index is 13.7. The highest BCUT2D eigenvalue weighted by atomic mass is 19.1. The molecular weight excluding hydrogens is 300 g/mol. The van der Waals surface area contributed by atoms with E-state index in [4.69, 9.17) is 4.42 Å². The number of aryl methyl sites for hydroxylation is 1. The smallest absolute Gasteiger partial charge is 0.287 e. The van der Waals surface area contributed by atoms with Crippen LogP contribution in [-0.4, -0.2) is 12.5 Å². The third kappa shape index (κ3) is 3.08. The van der Waals surface area contributed by atoms with Gasteiger partial charge in [-0.15, -0.1) is 0 Å². The fourth-order valence-electron chi connectivity index (χ4n) is 2.48. The number of hydrogen-bond acceptors (Lipinski definition) is 2. The SMILES string of the molecule is Cc1c(C(=O)NCCc2ccc(F)cc2)oc2c(F)cccc12. The molecule has 118 valence electrons. The van der Waals surface area contributed by atoms with E-state index in [2.05, 4.69) is 5.32 Å². The number of benzene rings is 2. The Balaban J connectivity index is 1.70. The molecule has 0 aliphatic heterocycles. The van der Waals surface area contributed by atoms with Gasteiger partial charge < -0.3 is 9.73 Å². The zero-order valence-corrected chi connectivity index (χ0v) is 12.5. The van der Waals surface area contributed by atoms with Gasteiger partial charge in [-0.25, -0.2) is 8.78 Å². The minimum absolute atomic E-state index is 0.0914. The number of hydrogen-bond donors (Lipinski definition) is 1. The number of amides is 1. The van der Waals surface area contributed by atoms with Gasteiger partial charge in [0.05, 0.1) is 0 Å². The number of rotatable bonds is 4. The van der Waals surface area contributed by atoms with Crippen molar-refractivity contribution in [3.63, 3.8) is 0 Å². The fraction of sp³-hybridized carbons (Fsp3) is 0.167. The molecule has 0 aliphatic rings. The third-order valence-corrected chi connectivity index (χ3v) is 3.73. The van der Waals surface area contributed by atoms with Crippen molar-refractivity contribution < 1.29 is 18.0 Å². The molecule has 0 saturated heterocycles. The van der Waals surface area contributed by atoms with Crippen LogP contribution in [0.25, 0.3) is 11.0 Å². The van der Waals surface area contributed by atoms with Crippen LogP contribution in [0.4, 0.5) is 8.78 Å². The second kappa shape index (κ2) is 6.20. The highest BCUT2D eigenvalue weighted by Gasteiger charge is 2.19. The molecule has 0 fully saturated rings. The standard InChI is InChI=1S/C18H15F2NO2/c1-11-14-3-2-4-15(20)17(14)23-16(11)18(22)21-10-9-12-5-7-13(19)8-6-12/h2-8H,9-10H2,1H3,(H,21,22). The average Bonchev–Trinajstić information content (AvgIpc) is 2.88. The van der Waals surface area contributed by atoms with Crippen molar-refractivity contribution in [2.45, 2.75) is 13.3 Å². The molecule has 0 unspecified atom stereocenters. The molecular formula is C18H15F2NO2. The molecule has 23 heavy (non-hydrogen) atoms. The number of carbonyl (C=O) groups is 1. The molecule has 1 heterocycles. The van der Waals surface area contributed by atoms with Crippen LogP contribution < -0.4 is 5.32 Å². The molecule has 3 aromatic rings. The summed E-state index contributed by atoms with van der Waals surface area (Å²) in [5.74, 6) is -1.06. The molecule has 1 aromatic heterocycles. The minimum Gasteiger partial charge on any atom is -0.448 e. The summed E-state index contributed by atoms with van der Waals surface area (Å²) in [7, 11) is 0. The van der Waals surface area contributed by atoms with Gasteiger partial charge in [-0.3, -0.25) is 4.79 Å². The molecule has 5 heteroatoms. The lowest BCUT2D eigenvalue weighted by Crippen LogP contribution is -2.25. The van der Waals surface area contributed by atoms with E-state index in [1.54, 1.807) is 31.2 Å². The molecule has 0 spiro atoms. The van der Waals surface area contributed by atoms with Gasteiger partial charge in [-0.05, 0) is 37.1 Å². The van der Waals surface area contributed by atoms with E-state index in [0.29, 0.717) is 23.9 Å². The quantitative estimate of drug-likeness (QED) is 0.791. The molecule has 0 bridgehead atoms. The molecule has 3 nitrogen and oxygen atoms in total. The molecule has 0 aliphatic carbocycles. The van der Waals surface area contributed by atoms with Gasteiger partial charge in [0.15, 0.2) is 17.2 Å². The van der Waals surface area contributed by atoms with Crippen molar-refractivity contribution in [3.05, 3.63) is 71.0 Å². The second-order valence-corrected chi connectivity index (χ2v) is 5.31. The molecule has 1 N–H and O–H groups in total. The Labute approximate surface area is 131 Å². The maximum Gasteiger partial charge on any atom is 0.287 e. The molecule has 1 amide bonds. The molecule has 0 saturated carbocycles. The van der Waals surface area contributed by atoms with Crippen LogP contribution in [0.5, 0.6) is 0 Å². The van der Waals surface area contributed by atoms with E-state index in [-0.39, 0.29) is 23.1 Å².